The van der Waals surface area contributed by atoms with E-state index < -0.39 is 0 Å². The van der Waals surface area contributed by atoms with E-state index in [0.29, 0.717) is 0 Å². The number of aromatic nitrogens is 2. The van der Waals surface area contributed by atoms with Gasteiger partial charge in [-0.25, -0.2) is 0 Å². The van der Waals surface area contributed by atoms with Gasteiger partial charge in [-0.1, -0.05) is 0 Å². The summed E-state index contributed by atoms with van der Waals surface area (Å²) in [7, 11) is 3.60. The number of hydrogen-bond donors (Lipinski definition) is 0. The molecule has 4 heteroatoms. The zero-order valence-corrected chi connectivity index (χ0v) is 9.92. The highest BCUT2D eigenvalue weighted by molar-refractivity contribution is 9.10. The van der Waals surface area contributed by atoms with E-state index in [4.69, 9.17) is 4.74 Å². The molecule has 0 fully saturated rings. The van der Waals surface area contributed by atoms with Crippen molar-refractivity contribution in [3.05, 3.63) is 22.3 Å². The predicted molar refractivity (Wildman–Crippen MR) is 59.7 cm³/mol. The SMILES string of the molecule is COc1cc(Br)c2c(c1)c(C)nn2C. The Labute approximate surface area is 90.8 Å². The Morgan fingerprint density at radius 3 is 2.79 bits per heavy atom. The van der Waals surface area contributed by atoms with Gasteiger partial charge in [0.15, 0.2) is 0 Å². The minimum absolute atomic E-state index is 0.848. The molecule has 0 aliphatic carbocycles. The molecule has 0 atom stereocenters. The van der Waals surface area contributed by atoms with Crippen molar-refractivity contribution in [1.82, 2.24) is 9.78 Å². The number of halogens is 1. The first-order valence-electron chi connectivity index (χ1n) is 4.30. The number of aryl methyl sites for hydroxylation is 2. The van der Waals surface area contributed by atoms with Crippen LogP contribution in [0.15, 0.2) is 16.6 Å². The van der Waals surface area contributed by atoms with Gasteiger partial charge in [0.25, 0.3) is 0 Å². The van der Waals surface area contributed by atoms with Gasteiger partial charge >= 0.3 is 0 Å². The summed E-state index contributed by atoms with van der Waals surface area (Å²) < 4.78 is 8.08. The molecule has 0 saturated heterocycles. The van der Waals surface area contributed by atoms with Gasteiger partial charge in [0.05, 0.1) is 18.3 Å². The van der Waals surface area contributed by atoms with Crippen LogP contribution in [0.25, 0.3) is 10.9 Å². The van der Waals surface area contributed by atoms with Crippen LogP contribution in [0.4, 0.5) is 0 Å². The van der Waals surface area contributed by atoms with E-state index in [0.717, 1.165) is 26.8 Å². The first kappa shape index (κ1) is 9.52. The molecular formula is C10H11BrN2O. The van der Waals surface area contributed by atoms with Crippen LogP contribution in [0.3, 0.4) is 0 Å². The van der Waals surface area contributed by atoms with Crippen molar-refractivity contribution in [3.63, 3.8) is 0 Å². The van der Waals surface area contributed by atoms with Gasteiger partial charge in [-0.15, -0.1) is 0 Å². The second kappa shape index (κ2) is 3.28. The van der Waals surface area contributed by atoms with Crippen LogP contribution in [0.1, 0.15) is 5.69 Å². The molecular weight excluding hydrogens is 244 g/mol. The Morgan fingerprint density at radius 2 is 2.14 bits per heavy atom. The number of rotatable bonds is 1. The van der Waals surface area contributed by atoms with E-state index in [1.165, 1.54) is 0 Å². The molecule has 1 heterocycles. The van der Waals surface area contributed by atoms with Gasteiger partial charge in [-0.05, 0) is 35.0 Å². The number of ether oxygens (including phenoxy) is 1. The molecule has 3 nitrogen and oxygen atoms in total. The van der Waals surface area contributed by atoms with Gasteiger partial charge in [0, 0.05) is 16.9 Å². The van der Waals surface area contributed by atoms with Gasteiger partial charge in [0.2, 0.25) is 0 Å². The fraction of sp³-hybridized carbons (Fsp3) is 0.300. The number of hydrogen-bond acceptors (Lipinski definition) is 2. The molecule has 0 amide bonds. The molecule has 2 rings (SSSR count). The Kier molecular flexibility index (Phi) is 2.23. The van der Waals surface area contributed by atoms with Crippen molar-refractivity contribution < 1.29 is 4.74 Å². The van der Waals surface area contributed by atoms with Crippen LogP contribution >= 0.6 is 15.9 Å². The minimum Gasteiger partial charge on any atom is -0.497 e. The van der Waals surface area contributed by atoms with Crippen molar-refractivity contribution in [2.75, 3.05) is 7.11 Å². The summed E-state index contributed by atoms with van der Waals surface area (Å²) in [5.41, 5.74) is 2.12. The lowest BCUT2D eigenvalue weighted by molar-refractivity contribution is 0.415. The molecule has 2 aromatic rings. The summed E-state index contributed by atoms with van der Waals surface area (Å²) in [6.07, 6.45) is 0. The van der Waals surface area contributed by atoms with Crippen molar-refractivity contribution in [1.29, 1.82) is 0 Å². The highest BCUT2D eigenvalue weighted by Crippen LogP contribution is 2.30. The predicted octanol–water partition coefficient (Wildman–Crippen LogP) is 2.65. The van der Waals surface area contributed by atoms with Gasteiger partial charge in [-0.3, -0.25) is 4.68 Å². The van der Waals surface area contributed by atoms with Crippen molar-refractivity contribution >= 4 is 26.8 Å². The van der Waals surface area contributed by atoms with E-state index in [1.807, 2.05) is 30.8 Å². The third-order valence-electron chi connectivity index (χ3n) is 2.29. The lowest BCUT2D eigenvalue weighted by Crippen LogP contribution is -1.90. The first-order chi connectivity index (χ1) is 6.63. The molecule has 0 saturated carbocycles. The van der Waals surface area contributed by atoms with Gasteiger partial charge in [-0.2, -0.15) is 5.10 Å². The fourth-order valence-corrected chi connectivity index (χ4v) is 2.32. The topological polar surface area (TPSA) is 27.1 Å². The van der Waals surface area contributed by atoms with E-state index in [2.05, 4.69) is 21.0 Å². The van der Waals surface area contributed by atoms with Crippen LogP contribution in [-0.2, 0) is 7.05 Å². The molecule has 1 aromatic carbocycles. The molecule has 14 heavy (non-hydrogen) atoms. The largest absolute Gasteiger partial charge is 0.497 e. The van der Waals surface area contributed by atoms with Crippen LogP contribution in [0, 0.1) is 6.92 Å². The average molecular weight is 255 g/mol. The standard InChI is InChI=1S/C10H11BrN2O/c1-6-8-4-7(14-3)5-9(11)10(8)13(2)12-6/h4-5H,1-3H3. The summed E-state index contributed by atoms with van der Waals surface area (Å²) in [6.45, 7) is 1.99. The molecule has 0 spiro atoms. The highest BCUT2D eigenvalue weighted by atomic mass is 79.9. The molecule has 0 N–H and O–H groups in total. The number of fused-ring (bicyclic) bond motifs is 1. The summed E-state index contributed by atoms with van der Waals surface area (Å²) >= 11 is 3.51. The van der Waals surface area contributed by atoms with E-state index in [9.17, 15) is 0 Å². The van der Waals surface area contributed by atoms with Crippen molar-refractivity contribution in [2.24, 2.45) is 7.05 Å². The first-order valence-corrected chi connectivity index (χ1v) is 5.09. The molecule has 0 unspecified atom stereocenters. The molecule has 0 aliphatic rings. The zero-order chi connectivity index (χ0) is 10.3. The lowest BCUT2D eigenvalue weighted by atomic mass is 10.2. The van der Waals surface area contributed by atoms with E-state index in [-0.39, 0.29) is 0 Å². The Balaban J connectivity index is 2.86. The van der Waals surface area contributed by atoms with Crippen LogP contribution in [-0.4, -0.2) is 16.9 Å². The maximum Gasteiger partial charge on any atom is 0.120 e. The van der Waals surface area contributed by atoms with Crippen LogP contribution in [0.5, 0.6) is 5.75 Å². The van der Waals surface area contributed by atoms with Crippen LogP contribution < -0.4 is 4.74 Å². The normalized spacial score (nSPS) is 10.9. The molecule has 74 valence electrons. The lowest BCUT2D eigenvalue weighted by Gasteiger charge is -2.02. The number of nitrogens with zero attached hydrogens (tertiary/aromatic N) is 2. The molecule has 0 bridgehead atoms. The van der Waals surface area contributed by atoms with Crippen molar-refractivity contribution in [3.8, 4) is 5.75 Å². The number of methoxy groups -OCH3 is 1. The Morgan fingerprint density at radius 1 is 1.43 bits per heavy atom. The summed E-state index contributed by atoms with van der Waals surface area (Å²) in [5.74, 6) is 0.848. The monoisotopic (exact) mass is 254 g/mol. The Hall–Kier alpha value is -1.03. The quantitative estimate of drug-likeness (QED) is 0.783. The van der Waals surface area contributed by atoms with Crippen molar-refractivity contribution in [2.45, 2.75) is 6.92 Å². The molecule has 0 aliphatic heterocycles. The second-order valence-electron chi connectivity index (χ2n) is 3.21. The van der Waals surface area contributed by atoms with Gasteiger partial charge in [0.1, 0.15) is 5.75 Å². The zero-order valence-electron chi connectivity index (χ0n) is 8.34. The second-order valence-corrected chi connectivity index (χ2v) is 4.07. The fourth-order valence-electron chi connectivity index (χ4n) is 1.63. The van der Waals surface area contributed by atoms with E-state index in [1.54, 1.807) is 7.11 Å². The molecule has 0 radical (unpaired) electrons. The Bertz CT molecular complexity index is 490. The molecule has 1 aromatic heterocycles. The maximum atomic E-state index is 5.20. The third-order valence-corrected chi connectivity index (χ3v) is 2.89. The summed E-state index contributed by atoms with van der Waals surface area (Å²) in [4.78, 5) is 0. The smallest absolute Gasteiger partial charge is 0.120 e. The maximum absolute atomic E-state index is 5.20. The highest BCUT2D eigenvalue weighted by Gasteiger charge is 2.09. The van der Waals surface area contributed by atoms with Gasteiger partial charge < -0.3 is 4.74 Å². The summed E-state index contributed by atoms with van der Waals surface area (Å²) in [5, 5.41) is 5.48. The number of benzene rings is 1. The average Bonchev–Trinajstić information content (AvgIpc) is 2.42. The minimum atomic E-state index is 0.848. The van der Waals surface area contributed by atoms with Crippen LogP contribution in [0.2, 0.25) is 0 Å². The van der Waals surface area contributed by atoms with E-state index >= 15 is 0 Å². The third kappa shape index (κ3) is 1.30. The summed E-state index contributed by atoms with van der Waals surface area (Å²) in [6, 6.07) is 3.95.